The summed E-state index contributed by atoms with van der Waals surface area (Å²) in [5.41, 5.74) is 0.467. The molecule has 1 amide bonds. The van der Waals surface area contributed by atoms with Gasteiger partial charge >= 0.3 is 5.97 Å². The van der Waals surface area contributed by atoms with Gasteiger partial charge in [0.05, 0.1) is 18.7 Å². The number of ether oxygens (including phenoxy) is 1. The third-order valence-corrected chi connectivity index (χ3v) is 4.43. The van der Waals surface area contributed by atoms with Crippen LogP contribution in [-0.2, 0) is 9.53 Å². The van der Waals surface area contributed by atoms with Gasteiger partial charge in [0.15, 0.2) is 0 Å². The molecule has 1 aliphatic heterocycles. The fraction of sp³-hybridized carbons (Fsp3) is 0.632. The van der Waals surface area contributed by atoms with Gasteiger partial charge < -0.3 is 15.0 Å². The SMILES string of the molecule is CCCCCNC(=O)CN1CCN(c2ccc(C(=O)OCC)cn2)CC1. The molecule has 7 nitrogen and oxygen atoms in total. The molecule has 0 saturated carbocycles. The molecule has 0 unspecified atom stereocenters. The fourth-order valence-corrected chi connectivity index (χ4v) is 2.91. The van der Waals surface area contributed by atoms with Crippen LogP contribution in [0.1, 0.15) is 43.5 Å². The summed E-state index contributed by atoms with van der Waals surface area (Å²) in [6, 6.07) is 3.60. The Kier molecular flexibility index (Phi) is 8.34. The summed E-state index contributed by atoms with van der Waals surface area (Å²) in [6.07, 6.45) is 4.92. The maximum atomic E-state index is 12.0. The minimum Gasteiger partial charge on any atom is -0.462 e. The number of nitrogens with zero attached hydrogens (tertiary/aromatic N) is 3. The number of nitrogens with one attached hydrogen (secondary N) is 1. The van der Waals surface area contributed by atoms with Crippen LogP contribution in [0.3, 0.4) is 0 Å². The molecular formula is C19H30N4O3. The molecule has 26 heavy (non-hydrogen) atoms. The Morgan fingerprint density at radius 2 is 1.92 bits per heavy atom. The fourth-order valence-electron chi connectivity index (χ4n) is 2.91. The van der Waals surface area contributed by atoms with Gasteiger partial charge in [0.1, 0.15) is 5.82 Å². The zero-order chi connectivity index (χ0) is 18.8. The first-order valence-electron chi connectivity index (χ1n) is 9.51. The molecule has 7 heteroatoms. The molecule has 1 aromatic rings. The molecule has 2 rings (SSSR count). The highest BCUT2D eigenvalue weighted by atomic mass is 16.5. The number of carbonyl (C=O) groups is 2. The number of pyridine rings is 1. The van der Waals surface area contributed by atoms with Crippen LogP contribution in [0.25, 0.3) is 0 Å². The topological polar surface area (TPSA) is 74.8 Å². The third kappa shape index (κ3) is 6.29. The molecule has 0 spiro atoms. The van der Waals surface area contributed by atoms with Crippen molar-refractivity contribution in [3.63, 3.8) is 0 Å². The maximum Gasteiger partial charge on any atom is 0.339 e. The molecule has 0 radical (unpaired) electrons. The second-order valence-corrected chi connectivity index (χ2v) is 6.45. The number of hydrogen-bond donors (Lipinski definition) is 1. The maximum absolute atomic E-state index is 12.0. The van der Waals surface area contributed by atoms with Crippen molar-refractivity contribution in [3.05, 3.63) is 23.9 Å². The summed E-state index contributed by atoms with van der Waals surface area (Å²) < 4.78 is 4.97. The van der Waals surface area contributed by atoms with E-state index in [0.29, 0.717) is 18.7 Å². The van der Waals surface area contributed by atoms with Crippen LogP contribution < -0.4 is 10.2 Å². The first-order chi connectivity index (χ1) is 12.6. The molecular weight excluding hydrogens is 332 g/mol. The quantitative estimate of drug-likeness (QED) is 0.532. The van der Waals surface area contributed by atoms with Crippen LogP contribution in [0.4, 0.5) is 5.82 Å². The number of aromatic nitrogens is 1. The predicted molar refractivity (Wildman–Crippen MR) is 101 cm³/mol. The average Bonchev–Trinajstić information content (AvgIpc) is 2.66. The number of anilines is 1. The van der Waals surface area contributed by atoms with Crippen molar-refractivity contribution >= 4 is 17.7 Å². The number of unbranched alkanes of at least 4 members (excludes halogenated alkanes) is 2. The van der Waals surface area contributed by atoms with Crippen molar-refractivity contribution in [1.29, 1.82) is 0 Å². The molecule has 2 heterocycles. The molecule has 144 valence electrons. The lowest BCUT2D eigenvalue weighted by atomic mass is 10.2. The normalized spacial score (nSPS) is 14.9. The summed E-state index contributed by atoms with van der Waals surface area (Å²) in [5, 5.41) is 2.98. The van der Waals surface area contributed by atoms with Gasteiger partial charge in [0, 0.05) is 38.9 Å². The van der Waals surface area contributed by atoms with E-state index in [9.17, 15) is 9.59 Å². The van der Waals surface area contributed by atoms with E-state index in [1.165, 1.54) is 0 Å². The van der Waals surface area contributed by atoms with Gasteiger partial charge in [-0.05, 0) is 25.5 Å². The van der Waals surface area contributed by atoms with E-state index in [0.717, 1.165) is 57.8 Å². The minimum atomic E-state index is -0.346. The van der Waals surface area contributed by atoms with Gasteiger partial charge in [-0.2, -0.15) is 0 Å². The number of esters is 1. The van der Waals surface area contributed by atoms with Crippen molar-refractivity contribution in [1.82, 2.24) is 15.2 Å². The monoisotopic (exact) mass is 362 g/mol. The van der Waals surface area contributed by atoms with E-state index in [1.54, 1.807) is 19.2 Å². The Morgan fingerprint density at radius 3 is 2.54 bits per heavy atom. The minimum absolute atomic E-state index is 0.103. The number of amides is 1. The first kappa shape index (κ1) is 20.2. The van der Waals surface area contributed by atoms with Gasteiger partial charge in [0.2, 0.25) is 5.91 Å². The van der Waals surface area contributed by atoms with Crippen molar-refractivity contribution < 1.29 is 14.3 Å². The van der Waals surface area contributed by atoms with Gasteiger partial charge in [-0.3, -0.25) is 9.69 Å². The predicted octanol–water partition coefficient (Wildman–Crippen LogP) is 1.69. The van der Waals surface area contributed by atoms with E-state index in [-0.39, 0.29) is 11.9 Å². The van der Waals surface area contributed by atoms with Crippen LogP contribution in [0.2, 0.25) is 0 Å². The molecule has 0 aliphatic carbocycles. The molecule has 1 aliphatic rings. The van der Waals surface area contributed by atoms with Crippen LogP contribution >= 0.6 is 0 Å². The number of carbonyl (C=O) groups excluding carboxylic acids is 2. The third-order valence-electron chi connectivity index (χ3n) is 4.43. The summed E-state index contributed by atoms with van der Waals surface area (Å²) in [5.74, 6) is 0.606. The Bertz CT molecular complexity index is 569. The van der Waals surface area contributed by atoms with Crippen LogP contribution in [0, 0.1) is 0 Å². The standard InChI is InChI=1S/C19H30N4O3/c1-3-5-6-9-20-18(24)15-22-10-12-23(13-11-22)17-8-7-16(14-21-17)19(25)26-4-2/h7-8,14H,3-6,9-13,15H2,1-2H3,(H,20,24). The number of rotatable bonds is 9. The lowest BCUT2D eigenvalue weighted by Gasteiger charge is -2.35. The largest absolute Gasteiger partial charge is 0.462 e. The molecule has 1 saturated heterocycles. The van der Waals surface area contributed by atoms with Gasteiger partial charge in [-0.1, -0.05) is 19.8 Å². The van der Waals surface area contributed by atoms with E-state index in [1.807, 2.05) is 6.07 Å². The molecule has 1 aromatic heterocycles. The Morgan fingerprint density at radius 1 is 1.15 bits per heavy atom. The Balaban J connectivity index is 1.74. The molecule has 0 bridgehead atoms. The summed E-state index contributed by atoms with van der Waals surface area (Å²) in [6.45, 7) is 8.79. The summed E-state index contributed by atoms with van der Waals surface area (Å²) in [4.78, 5) is 32.3. The summed E-state index contributed by atoms with van der Waals surface area (Å²) in [7, 11) is 0. The van der Waals surface area contributed by atoms with E-state index in [4.69, 9.17) is 4.74 Å². The van der Waals surface area contributed by atoms with Gasteiger partial charge in [-0.25, -0.2) is 9.78 Å². The second-order valence-electron chi connectivity index (χ2n) is 6.45. The van der Waals surface area contributed by atoms with E-state index in [2.05, 4.69) is 27.0 Å². The van der Waals surface area contributed by atoms with Crippen molar-refractivity contribution in [3.8, 4) is 0 Å². The zero-order valence-electron chi connectivity index (χ0n) is 15.9. The number of hydrogen-bond acceptors (Lipinski definition) is 6. The highest BCUT2D eigenvalue weighted by molar-refractivity contribution is 5.89. The van der Waals surface area contributed by atoms with E-state index >= 15 is 0 Å². The van der Waals surface area contributed by atoms with Crippen molar-refractivity contribution in [2.45, 2.75) is 33.1 Å². The Hall–Kier alpha value is -2.15. The van der Waals surface area contributed by atoms with Crippen LogP contribution in [-0.4, -0.2) is 67.6 Å². The molecule has 0 aromatic carbocycles. The zero-order valence-corrected chi connectivity index (χ0v) is 15.9. The molecule has 1 fully saturated rings. The molecule has 0 atom stereocenters. The lowest BCUT2D eigenvalue weighted by molar-refractivity contribution is -0.122. The van der Waals surface area contributed by atoms with E-state index < -0.39 is 0 Å². The van der Waals surface area contributed by atoms with Crippen LogP contribution in [0.5, 0.6) is 0 Å². The highest BCUT2D eigenvalue weighted by Gasteiger charge is 2.20. The lowest BCUT2D eigenvalue weighted by Crippen LogP contribution is -2.49. The van der Waals surface area contributed by atoms with Gasteiger partial charge in [0.25, 0.3) is 0 Å². The smallest absolute Gasteiger partial charge is 0.339 e. The first-order valence-corrected chi connectivity index (χ1v) is 9.51. The van der Waals surface area contributed by atoms with Crippen molar-refractivity contribution in [2.24, 2.45) is 0 Å². The molecule has 1 N–H and O–H groups in total. The Labute approximate surface area is 155 Å². The summed E-state index contributed by atoms with van der Waals surface area (Å²) >= 11 is 0. The van der Waals surface area contributed by atoms with Crippen molar-refractivity contribution in [2.75, 3.05) is 50.8 Å². The second kappa shape index (κ2) is 10.8. The number of piperazine rings is 1. The highest BCUT2D eigenvalue weighted by Crippen LogP contribution is 2.14. The average molecular weight is 362 g/mol. The van der Waals surface area contributed by atoms with Gasteiger partial charge in [-0.15, -0.1) is 0 Å². The van der Waals surface area contributed by atoms with Crippen LogP contribution in [0.15, 0.2) is 18.3 Å².